The number of alkyl halides is 3. The van der Waals surface area contributed by atoms with E-state index in [0.29, 0.717) is 22.3 Å². The first-order valence-electron chi connectivity index (χ1n) is 11.0. The molecule has 0 saturated carbocycles. The van der Waals surface area contributed by atoms with Gasteiger partial charge >= 0.3 is 6.18 Å². The highest BCUT2D eigenvalue weighted by molar-refractivity contribution is 7.90. The Morgan fingerprint density at radius 1 is 1.00 bits per heavy atom. The van der Waals surface area contributed by atoms with Gasteiger partial charge in [-0.05, 0) is 54.0 Å². The third kappa shape index (κ3) is 6.85. The molecular weight excluding hydrogens is 516 g/mol. The van der Waals surface area contributed by atoms with Gasteiger partial charge in [0.1, 0.15) is 0 Å². The second-order valence-electron chi connectivity index (χ2n) is 8.22. The van der Waals surface area contributed by atoms with Crippen molar-refractivity contribution in [2.45, 2.75) is 18.0 Å². The summed E-state index contributed by atoms with van der Waals surface area (Å²) in [6.07, 6.45) is -0.391. The molecule has 3 aromatic rings. The Bertz CT molecular complexity index is 1490. The Labute approximate surface area is 217 Å². The lowest BCUT2D eigenvalue weighted by molar-refractivity contribution is -0.137. The van der Waals surface area contributed by atoms with Crippen molar-refractivity contribution in [3.05, 3.63) is 115 Å². The fourth-order valence-electron chi connectivity index (χ4n) is 3.60. The lowest BCUT2D eigenvalue weighted by Gasteiger charge is -2.26. The van der Waals surface area contributed by atoms with E-state index in [9.17, 15) is 21.6 Å². The summed E-state index contributed by atoms with van der Waals surface area (Å²) in [5.74, 6) is 0. The number of anilines is 1. The molecule has 0 radical (unpaired) electrons. The number of sulfone groups is 1. The van der Waals surface area contributed by atoms with Crippen molar-refractivity contribution in [1.82, 2.24) is 0 Å². The second-order valence-corrected chi connectivity index (χ2v) is 10.8. The highest BCUT2D eigenvalue weighted by atomic mass is 32.2. The molecule has 3 rings (SSSR count). The maximum Gasteiger partial charge on any atom is 0.417 e. The number of hydrogen-bond donors (Lipinski definition) is 0. The second kappa shape index (κ2) is 11.3. The van der Waals surface area contributed by atoms with Gasteiger partial charge in [0.2, 0.25) is 0 Å². The largest absolute Gasteiger partial charge is 0.417 e. The fourth-order valence-corrected chi connectivity index (χ4v) is 4.45. The smallest absolute Gasteiger partial charge is 0.317 e. The van der Waals surface area contributed by atoms with Crippen LogP contribution < -0.4 is 4.90 Å². The Morgan fingerprint density at radius 2 is 1.65 bits per heavy atom. The molecule has 0 bridgehead atoms. The average Bonchev–Trinajstić information content (AvgIpc) is 2.86. The Hall–Kier alpha value is -3.48. The zero-order valence-electron chi connectivity index (χ0n) is 20.3. The predicted octanol–water partition coefficient (Wildman–Crippen LogP) is 7.57. The molecule has 0 aliphatic heterocycles. The highest BCUT2D eigenvalue weighted by Crippen LogP contribution is 2.37. The van der Waals surface area contributed by atoms with Crippen LogP contribution in [-0.4, -0.2) is 20.1 Å². The number of benzene rings is 3. The molecule has 0 aromatic heterocycles. The third-order valence-electron chi connectivity index (χ3n) is 5.53. The summed E-state index contributed by atoms with van der Waals surface area (Å²) in [6.45, 7) is 9.35. The molecule has 3 aromatic carbocycles. The number of hydrogen-bond acceptors (Lipinski definition) is 4. The molecule has 0 aliphatic rings. The van der Waals surface area contributed by atoms with Crippen molar-refractivity contribution in [1.29, 1.82) is 0 Å². The van der Waals surface area contributed by atoms with Gasteiger partial charge < -0.3 is 4.90 Å². The molecule has 9 heteroatoms. The zero-order valence-corrected chi connectivity index (χ0v) is 22.3. The van der Waals surface area contributed by atoms with Crippen LogP contribution >= 0.6 is 9.24 Å². The first kappa shape index (κ1) is 28.1. The van der Waals surface area contributed by atoms with Crippen LogP contribution in [0.4, 0.5) is 18.9 Å². The van der Waals surface area contributed by atoms with Gasteiger partial charge in [0.05, 0.1) is 15.9 Å². The number of nitrogens with zero attached hydrogens (tertiary/aromatic N) is 2. The summed E-state index contributed by atoms with van der Waals surface area (Å²) in [6, 6.07) is 18.8. The van der Waals surface area contributed by atoms with Gasteiger partial charge in [0.25, 0.3) is 0 Å². The van der Waals surface area contributed by atoms with Crippen molar-refractivity contribution < 1.29 is 21.6 Å². The van der Waals surface area contributed by atoms with Crippen LogP contribution in [0.3, 0.4) is 0 Å². The molecule has 0 saturated heterocycles. The van der Waals surface area contributed by atoms with Crippen LogP contribution in [0.25, 0.3) is 16.8 Å². The van der Waals surface area contributed by atoms with Crippen LogP contribution in [0.1, 0.15) is 18.1 Å². The van der Waals surface area contributed by atoms with E-state index in [2.05, 4.69) is 27.4 Å². The van der Waals surface area contributed by atoms with E-state index in [4.69, 9.17) is 0 Å². The lowest BCUT2D eigenvalue weighted by atomic mass is 10.0. The molecule has 1 unspecified atom stereocenters. The summed E-state index contributed by atoms with van der Waals surface area (Å²) in [4.78, 5) is 5.90. The highest BCUT2D eigenvalue weighted by Gasteiger charge is 2.34. The summed E-state index contributed by atoms with van der Waals surface area (Å²) in [5.41, 5.74) is 2.49. The summed E-state index contributed by atoms with van der Waals surface area (Å²) in [5, 5.41) is 0. The summed E-state index contributed by atoms with van der Waals surface area (Å²) >= 11 is 0. The summed E-state index contributed by atoms with van der Waals surface area (Å²) < 4.78 is 65.2. The van der Waals surface area contributed by atoms with E-state index >= 15 is 0 Å². The van der Waals surface area contributed by atoms with Crippen molar-refractivity contribution in [3.63, 3.8) is 0 Å². The maximum absolute atomic E-state index is 13.8. The first-order chi connectivity index (χ1) is 17.3. The van der Waals surface area contributed by atoms with Crippen LogP contribution in [-0.2, 0) is 16.0 Å². The molecular formula is C28H26F3N2O2PS. The molecule has 37 heavy (non-hydrogen) atoms. The van der Waals surface area contributed by atoms with Crippen molar-refractivity contribution in [2.75, 3.05) is 11.2 Å². The maximum atomic E-state index is 13.8. The molecule has 0 aliphatic carbocycles. The summed E-state index contributed by atoms with van der Waals surface area (Å²) in [7, 11) is -0.907. The Kier molecular flexibility index (Phi) is 8.57. The van der Waals surface area contributed by atoms with E-state index < -0.39 is 21.6 Å². The Balaban J connectivity index is 2.11. The minimum Gasteiger partial charge on any atom is -0.317 e. The molecule has 0 N–H and O–H groups in total. The van der Waals surface area contributed by atoms with E-state index in [1.807, 2.05) is 0 Å². The minimum atomic E-state index is -4.56. The normalized spacial score (nSPS) is 12.8. The standard InChI is InChI=1S/C28H26F3N2O2PS/c1-5-32-27(36)19(2)18-33(20(3)25-11-6-7-12-26(25)28(29,30)31)23-15-13-21(14-16-23)22-9-8-10-24(17-22)37(4,34)35/h5-18H,1,3,36H2,2,4H3/b19-18+,32-27?. The van der Waals surface area contributed by atoms with Gasteiger partial charge in [0.15, 0.2) is 9.84 Å². The number of aliphatic imine (C=N–C) groups is 1. The SMILES string of the molecule is C=CN=C(P)/C(C)=C/N(C(=C)c1ccccc1C(F)(F)F)c1ccc(-c2cccc(S(C)(=O)=O)c2)cc1. The van der Waals surface area contributed by atoms with Crippen molar-refractivity contribution >= 4 is 35.9 Å². The van der Waals surface area contributed by atoms with Gasteiger partial charge in [-0.15, -0.1) is 0 Å². The van der Waals surface area contributed by atoms with E-state index in [-0.39, 0.29) is 16.2 Å². The number of halogens is 3. The van der Waals surface area contributed by atoms with Crippen LogP contribution in [0.2, 0.25) is 0 Å². The molecule has 0 heterocycles. The van der Waals surface area contributed by atoms with Gasteiger partial charge in [-0.1, -0.05) is 64.9 Å². The lowest BCUT2D eigenvalue weighted by Crippen LogP contribution is -2.18. The molecule has 0 spiro atoms. The number of allylic oxidation sites excluding steroid dienone is 1. The molecule has 192 valence electrons. The number of rotatable bonds is 8. The first-order valence-corrected chi connectivity index (χ1v) is 13.5. The molecule has 0 fully saturated rings. The van der Waals surface area contributed by atoms with Crippen molar-refractivity contribution in [3.8, 4) is 11.1 Å². The van der Waals surface area contributed by atoms with Gasteiger partial charge in [-0.3, -0.25) is 4.99 Å². The van der Waals surface area contributed by atoms with Crippen molar-refractivity contribution in [2.24, 2.45) is 4.99 Å². The van der Waals surface area contributed by atoms with Crippen LogP contribution in [0.5, 0.6) is 0 Å². The van der Waals surface area contributed by atoms with E-state index in [0.717, 1.165) is 17.9 Å². The monoisotopic (exact) mass is 542 g/mol. The van der Waals surface area contributed by atoms with Crippen LogP contribution in [0.15, 0.2) is 114 Å². The molecule has 1 atom stereocenters. The fraction of sp³-hybridized carbons (Fsp3) is 0.107. The zero-order chi connectivity index (χ0) is 27.4. The van der Waals surface area contributed by atoms with Gasteiger partial charge in [-0.2, -0.15) is 13.2 Å². The molecule has 0 amide bonds. The predicted molar refractivity (Wildman–Crippen MR) is 149 cm³/mol. The van der Waals surface area contributed by atoms with Gasteiger partial charge in [0, 0.05) is 35.6 Å². The Morgan fingerprint density at radius 3 is 2.24 bits per heavy atom. The minimum absolute atomic E-state index is 0.0602. The van der Waals surface area contributed by atoms with E-state index in [1.165, 1.54) is 30.5 Å². The third-order valence-corrected chi connectivity index (χ3v) is 7.25. The van der Waals surface area contributed by atoms with Crippen LogP contribution in [0, 0.1) is 0 Å². The average molecular weight is 543 g/mol. The van der Waals surface area contributed by atoms with Gasteiger partial charge in [-0.25, -0.2) is 8.42 Å². The quantitative estimate of drug-likeness (QED) is 0.218. The topological polar surface area (TPSA) is 49.7 Å². The molecule has 4 nitrogen and oxygen atoms in total. The van der Waals surface area contributed by atoms with E-state index in [1.54, 1.807) is 60.5 Å².